The fourth-order valence-corrected chi connectivity index (χ4v) is 2.93. The minimum absolute atomic E-state index is 0.155. The molecular weight excluding hydrogens is 329 g/mol. The fourth-order valence-electron chi connectivity index (χ4n) is 1.61. The number of anilines is 1. The third kappa shape index (κ3) is 4.56. The van der Waals surface area contributed by atoms with Crippen LogP contribution in [0.15, 0.2) is 47.4 Å². The molecule has 1 atom stereocenters. The molecule has 1 amide bonds. The van der Waals surface area contributed by atoms with Crippen LogP contribution in [0, 0.1) is 0 Å². The lowest BCUT2D eigenvalue weighted by molar-refractivity contribution is -0.115. The second kappa shape index (κ2) is 7.07. The predicted molar refractivity (Wildman–Crippen MR) is 88.5 cm³/mol. The number of thioether (sulfide) groups is 1. The van der Waals surface area contributed by atoms with E-state index in [0.717, 1.165) is 4.90 Å². The van der Waals surface area contributed by atoms with Crippen molar-refractivity contribution in [3.05, 3.63) is 52.5 Å². The molecule has 0 radical (unpaired) electrons. The molecule has 1 unspecified atom stereocenters. The Morgan fingerprint density at radius 1 is 1.19 bits per heavy atom. The maximum Gasteiger partial charge on any atom is 0.237 e. The summed E-state index contributed by atoms with van der Waals surface area (Å²) in [6, 6.07) is 11.6. The Morgan fingerprint density at radius 2 is 1.86 bits per heavy atom. The van der Waals surface area contributed by atoms with Crippen LogP contribution in [0.3, 0.4) is 0 Å². The first-order valence-electron chi connectivity index (χ1n) is 6.17. The van der Waals surface area contributed by atoms with Crippen molar-refractivity contribution in [3.8, 4) is 5.75 Å². The van der Waals surface area contributed by atoms with Gasteiger partial charge in [-0.2, -0.15) is 0 Å². The molecule has 0 aliphatic rings. The van der Waals surface area contributed by atoms with Crippen LogP contribution in [-0.4, -0.2) is 16.3 Å². The van der Waals surface area contributed by atoms with Gasteiger partial charge in [-0.15, -0.1) is 11.8 Å². The molecule has 6 heteroatoms. The highest BCUT2D eigenvalue weighted by Crippen LogP contribution is 2.28. The molecule has 0 aliphatic heterocycles. The number of rotatable bonds is 4. The molecule has 2 rings (SSSR count). The molecule has 2 aromatic carbocycles. The number of nitrogens with one attached hydrogen (secondary N) is 1. The van der Waals surface area contributed by atoms with Gasteiger partial charge in [0.2, 0.25) is 5.91 Å². The van der Waals surface area contributed by atoms with Gasteiger partial charge in [-0.1, -0.05) is 23.2 Å². The van der Waals surface area contributed by atoms with E-state index in [1.54, 1.807) is 49.4 Å². The first-order valence-corrected chi connectivity index (χ1v) is 7.81. The van der Waals surface area contributed by atoms with Crippen LogP contribution in [-0.2, 0) is 4.79 Å². The second-order valence-corrected chi connectivity index (χ2v) is 6.63. The summed E-state index contributed by atoms with van der Waals surface area (Å²) in [5.74, 6) is 0.0432. The van der Waals surface area contributed by atoms with E-state index in [4.69, 9.17) is 23.2 Å². The lowest BCUT2D eigenvalue weighted by Crippen LogP contribution is -2.22. The number of benzene rings is 2. The number of hydrogen-bond acceptors (Lipinski definition) is 3. The minimum atomic E-state index is -0.304. The van der Waals surface area contributed by atoms with Gasteiger partial charge in [0, 0.05) is 9.92 Å². The molecule has 2 N–H and O–H groups in total. The van der Waals surface area contributed by atoms with Crippen LogP contribution < -0.4 is 5.32 Å². The number of carbonyl (C=O) groups is 1. The van der Waals surface area contributed by atoms with E-state index in [-0.39, 0.29) is 16.9 Å². The maximum atomic E-state index is 12.1. The molecular formula is C15H13Cl2NO2S. The summed E-state index contributed by atoms with van der Waals surface area (Å²) in [5, 5.41) is 12.6. The number of amides is 1. The highest BCUT2D eigenvalue weighted by molar-refractivity contribution is 8.00. The van der Waals surface area contributed by atoms with Crippen molar-refractivity contribution in [2.24, 2.45) is 0 Å². The highest BCUT2D eigenvalue weighted by Gasteiger charge is 2.15. The van der Waals surface area contributed by atoms with Crippen molar-refractivity contribution in [2.45, 2.75) is 17.1 Å². The summed E-state index contributed by atoms with van der Waals surface area (Å²) in [6.07, 6.45) is 0. The average molecular weight is 342 g/mol. The highest BCUT2D eigenvalue weighted by atomic mass is 35.5. The molecule has 110 valence electrons. The van der Waals surface area contributed by atoms with Gasteiger partial charge in [0.25, 0.3) is 0 Å². The number of aromatic hydroxyl groups is 1. The summed E-state index contributed by atoms with van der Waals surface area (Å²) >= 11 is 13.2. The monoisotopic (exact) mass is 341 g/mol. The lowest BCUT2D eigenvalue weighted by Gasteiger charge is -2.13. The number of halogens is 2. The number of hydrogen-bond donors (Lipinski definition) is 2. The molecule has 0 bridgehead atoms. The maximum absolute atomic E-state index is 12.1. The van der Waals surface area contributed by atoms with Crippen molar-refractivity contribution in [1.82, 2.24) is 0 Å². The Bertz CT molecular complexity index is 647. The van der Waals surface area contributed by atoms with Crippen LogP contribution in [0.2, 0.25) is 10.0 Å². The summed E-state index contributed by atoms with van der Waals surface area (Å²) in [4.78, 5) is 13.0. The summed E-state index contributed by atoms with van der Waals surface area (Å²) in [7, 11) is 0. The standard InChI is InChI=1S/C15H13Cl2NO2S/c1-9(21-12-5-3-11(19)4-6-12)15(20)18-14-7-2-10(16)8-13(14)17/h2-9,19H,1H3,(H,18,20). The molecule has 3 nitrogen and oxygen atoms in total. The summed E-state index contributed by atoms with van der Waals surface area (Å²) in [5.41, 5.74) is 0.532. The molecule has 0 heterocycles. The Labute approximate surface area is 137 Å². The number of phenolic OH excluding ortho intramolecular Hbond substituents is 1. The zero-order chi connectivity index (χ0) is 15.4. The van der Waals surface area contributed by atoms with E-state index in [1.165, 1.54) is 11.8 Å². The zero-order valence-corrected chi connectivity index (χ0v) is 13.5. The van der Waals surface area contributed by atoms with Gasteiger partial charge in [0.05, 0.1) is 16.0 Å². The topological polar surface area (TPSA) is 49.3 Å². The molecule has 0 fully saturated rings. The Balaban J connectivity index is 2.00. The van der Waals surface area contributed by atoms with E-state index in [2.05, 4.69) is 5.32 Å². The van der Waals surface area contributed by atoms with Crippen molar-refractivity contribution in [2.75, 3.05) is 5.32 Å². The molecule has 21 heavy (non-hydrogen) atoms. The van der Waals surface area contributed by atoms with Crippen molar-refractivity contribution in [3.63, 3.8) is 0 Å². The first-order chi connectivity index (χ1) is 9.95. The number of carbonyl (C=O) groups excluding carboxylic acids is 1. The van der Waals surface area contributed by atoms with Crippen molar-refractivity contribution >= 4 is 46.6 Å². The van der Waals surface area contributed by atoms with Crippen LogP contribution >= 0.6 is 35.0 Å². The molecule has 0 saturated carbocycles. The average Bonchev–Trinajstić information content (AvgIpc) is 2.44. The molecule has 0 spiro atoms. The van der Waals surface area contributed by atoms with E-state index >= 15 is 0 Å². The lowest BCUT2D eigenvalue weighted by atomic mass is 10.3. The normalized spacial score (nSPS) is 12.0. The van der Waals surface area contributed by atoms with Gasteiger partial charge in [-0.05, 0) is 49.4 Å². The smallest absolute Gasteiger partial charge is 0.237 e. The third-order valence-electron chi connectivity index (χ3n) is 2.71. The van der Waals surface area contributed by atoms with E-state index < -0.39 is 0 Å². The largest absolute Gasteiger partial charge is 0.508 e. The molecule has 2 aromatic rings. The summed E-state index contributed by atoms with van der Waals surface area (Å²) in [6.45, 7) is 1.80. The molecule has 0 saturated heterocycles. The van der Waals surface area contributed by atoms with Crippen LogP contribution in [0.5, 0.6) is 5.75 Å². The van der Waals surface area contributed by atoms with Crippen LogP contribution in [0.1, 0.15) is 6.92 Å². The van der Waals surface area contributed by atoms with E-state index in [9.17, 15) is 9.90 Å². The third-order valence-corrected chi connectivity index (χ3v) is 4.37. The van der Waals surface area contributed by atoms with Gasteiger partial charge in [0.1, 0.15) is 5.75 Å². The minimum Gasteiger partial charge on any atom is -0.508 e. The van der Waals surface area contributed by atoms with E-state index in [1.807, 2.05) is 0 Å². The van der Waals surface area contributed by atoms with Gasteiger partial charge in [-0.3, -0.25) is 4.79 Å². The van der Waals surface area contributed by atoms with Crippen molar-refractivity contribution in [1.29, 1.82) is 0 Å². The van der Waals surface area contributed by atoms with Gasteiger partial charge in [-0.25, -0.2) is 0 Å². The van der Waals surface area contributed by atoms with Crippen LogP contribution in [0.4, 0.5) is 5.69 Å². The molecule has 0 aromatic heterocycles. The zero-order valence-electron chi connectivity index (χ0n) is 11.1. The second-order valence-electron chi connectivity index (χ2n) is 4.37. The predicted octanol–water partition coefficient (Wildman–Crippen LogP) is 4.82. The first kappa shape index (κ1) is 16.0. The van der Waals surface area contributed by atoms with Crippen molar-refractivity contribution < 1.29 is 9.90 Å². The SMILES string of the molecule is CC(Sc1ccc(O)cc1)C(=O)Nc1ccc(Cl)cc1Cl. The van der Waals surface area contributed by atoms with E-state index in [0.29, 0.717) is 15.7 Å². The van der Waals surface area contributed by atoms with Gasteiger partial charge in [0.15, 0.2) is 0 Å². The van der Waals surface area contributed by atoms with Crippen LogP contribution in [0.25, 0.3) is 0 Å². The fraction of sp³-hybridized carbons (Fsp3) is 0.133. The molecule has 0 aliphatic carbocycles. The Morgan fingerprint density at radius 3 is 2.48 bits per heavy atom. The number of phenols is 1. The van der Waals surface area contributed by atoms with Gasteiger partial charge < -0.3 is 10.4 Å². The Hall–Kier alpha value is -1.36. The quantitative estimate of drug-likeness (QED) is 0.784. The van der Waals surface area contributed by atoms with Gasteiger partial charge >= 0.3 is 0 Å². The summed E-state index contributed by atoms with van der Waals surface area (Å²) < 4.78 is 0. The Kier molecular flexibility index (Phi) is 5.39.